The van der Waals surface area contributed by atoms with Crippen LogP contribution in [0.2, 0.25) is 0 Å². The van der Waals surface area contributed by atoms with Crippen LogP contribution in [0.3, 0.4) is 0 Å². The first-order valence-electron chi connectivity index (χ1n) is 12.8. The Morgan fingerprint density at radius 3 is 2.42 bits per heavy atom. The molecular formula is C29H29F2N5O4. The number of likely N-dealkylation sites (N-methyl/N-ethyl adjacent to an activating group) is 1. The van der Waals surface area contributed by atoms with Gasteiger partial charge in [0.2, 0.25) is 11.8 Å². The standard InChI is InChI=1S/C29H29F2N5O4/c1-33-18-27(38)35-25(13-19-7-11-23(37)12-8-19)28(39)34(16-21-9-10-22(30)14-24(21)31)17-26(35)36(33)29(40)32-15-20-5-3-2-4-6-20/h2-12,14,25-26,37H,13,15-18H2,1H3,(H,32,40)/t25?,26-/m0/s1. The summed E-state index contributed by atoms with van der Waals surface area (Å²) < 4.78 is 28.1. The average Bonchev–Trinajstić information content (AvgIpc) is 2.92. The van der Waals surface area contributed by atoms with Crippen molar-refractivity contribution in [1.29, 1.82) is 0 Å². The number of halogens is 2. The van der Waals surface area contributed by atoms with Gasteiger partial charge in [-0.1, -0.05) is 48.5 Å². The van der Waals surface area contributed by atoms with Gasteiger partial charge in [0.1, 0.15) is 29.6 Å². The number of fused-ring (bicyclic) bond motifs is 1. The van der Waals surface area contributed by atoms with Gasteiger partial charge in [0.15, 0.2) is 0 Å². The summed E-state index contributed by atoms with van der Waals surface area (Å²) in [4.78, 5) is 43.5. The number of phenolic OH excluding ortho intramolecular Hbond substituents is 1. The highest BCUT2D eigenvalue weighted by molar-refractivity contribution is 5.91. The largest absolute Gasteiger partial charge is 0.508 e. The van der Waals surface area contributed by atoms with Crippen molar-refractivity contribution in [3.05, 3.63) is 101 Å². The van der Waals surface area contributed by atoms with Gasteiger partial charge in [0, 0.05) is 38.2 Å². The number of rotatable bonds is 6. The molecule has 208 valence electrons. The van der Waals surface area contributed by atoms with E-state index < -0.39 is 35.8 Å². The van der Waals surface area contributed by atoms with Gasteiger partial charge < -0.3 is 20.2 Å². The molecule has 0 spiro atoms. The zero-order valence-electron chi connectivity index (χ0n) is 21.8. The van der Waals surface area contributed by atoms with Gasteiger partial charge in [-0.05, 0) is 29.3 Å². The Labute approximate surface area is 230 Å². The number of phenols is 1. The predicted molar refractivity (Wildman–Crippen MR) is 141 cm³/mol. The zero-order chi connectivity index (χ0) is 28.4. The molecule has 3 aromatic rings. The van der Waals surface area contributed by atoms with Crippen LogP contribution in [0.15, 0.2) is 72.8 Å². The molecular weight excluding hydrogens is 520 g/mol. The maximum Gasteiger partial charge on any atom is 0.334 e. The van der Waals surface area contributed by atoms with Gasteiger partial charge in [-0.25, -0.2) is 23.6 Å². The zero-order valence-corrected chi connectivity index (χ0v) is 21.8. The van der Waals surface area contributed by atoms with Crippen LogP contribution in [0, 0.1) is 11.6 Å². The van der Waals surface area contributed by atoms with Crippen molar-refractivity contribution in [1.82, 2.24) is 25.1 Å². The minimum Gasteiger partial charge on any atom is -0.508 e. The second-order valence-electron chi connectivity index (χ2n) is 9.93. The Morgan fingerprint density at radius 2 is 1.73 bits per heavy atom. The molecule has 0 saturated carbocycles. The van der Waals surface area contributed by atoms with E-state index in [1.165, 1.54) is 38.0 Å². The molecule has 2 fully saturated rings. The average molecular weight is 550 g/mol. The van der Waals surface area contributed by atoms with Crippen LogP contribution < -0.4 is 5.32 Å². The van der Waals surface area contributed by atoms with Gasteiger partial charge in [0.25, 0.3) is 0 Å². The summed E-state index contributed by atoms with van der Waals surface area (Å²) in [7, 11) is 1.62. The summed E-state index contributed by atoms with van der Waals surface area (Å²) in [6, 6.07) is 17.3. The van der Waals surface area contributed by atoms with E-state index in [2.05, 4.69) is 5.32 Å². The molecule has 0 bridgehead atoms. The van der Waals surface area contributed by atoms with Crippen LogP contribution in [0.1, 0.15) is 16.7 Å². The number of hydrogen-bond donors (Lipinski definition) is 2. The van der Waals surface area contributed by atoms with E-state index >= 15 is 0 Å². The first-order valence-corrected chi connectivity index (χ1v) is 12.8. The second kappa shape index (κ2) is 11.3. The number of hydrogen-bond acceptors (Lipinski definition) is 5. The maximum absolute atomic E-state index is 14.6. The summed E-state index contributed by atoms with van der Waals surface area (Å²) in [5, 5.41) is 15.5. The maximum atomic E-state index is 14.6. The van der Waals surface area contributed by atoms with Gasteiger partial charge in [0.05, 0.1) is 13.1 Å². The molecule has 2 heterocycles. The summed E-state index contributed by atoms with van der Waals surface area (Å²) in [5.41, 5.74) is 1.69. The van der Waals surface area contributed by atoms with E-state index in [0.29, 0.717) is 5.56 Å². The fourth-order valence-electron chi connectivity index (χ4n) is 5.21. The number of carbonyl (C=O) groups is 3. The fraction of sp³-hybridized carbons (Fsp3) is 0.276. The van der Waals surface area contributed by atoms with Gasteiger partial charge in [-0.2, -0.15) is 0 Å². The Morgan fingerprint density at radius 1 is 1.00 bits per heavy atom. The molecule has 11 heteroatoms. The van der Waals surface area contributed by atoms with Crippen molar-refractivity contribution < 1.29 is 28.3 Å². The molecule has 2 aliphatic rings. The highest BCUT2D eigenvalue weighted by atomic mass is 19.1. The number of nitrogens with zero attached hydrogens (tertiary/aromatic N) is 4. The first kappa shape index (κ1) is 27.1. The van der Waals surface area contributed by atoms with Crippen molar-refractivity contribution in [3.63, 3.8) is 0 Å². The molecule has 40 heavy (non-hydrogen) atoms. The van der Waals surface area contributed by atoms with E-state index in [1.54, 1.807) is 19.2 Å². The van der Waals surface area contributed by atoms with Gasteiger partial charge in [-0.3, -0.25) is 9.59 Å². The fourth-order valence-corrected chi connectivity index (χ4v) is 5.21. The van der Waals surface area contributed by atoms with Crippen molar-refractivity contribution in [3.8, 4) is 5.75 Å². The van der Waals surface area contributed by atoms with Gasteiger partial charge >= 0.3 is 6.03 Å². The molecule has 2 saturated heterocycles. The number of benzene rings is 3. The Kier molecular flexibility index (Phi) is 7.65. The number of carbonyl (C=O) groups excluding carboxylic acids is 3. The molecule has 4 amide bonds. The van der Waals surface area contributed by atoms with E-state index in [4.69, 9.17) is 0 Å². The topological polar surface area (TPSA) is 96.4 Å². The molecule has 0 aliphatic carbocycles. The van der Waals surface area contributed by atoms with Crippen molar-refractivity contribution in [2.45, 2.75) is 31.7 Å². The molecule has 3 aromatic carbocycles. The third-order valence-electron chi connectivity index (χ3n) is 7.18. The monoisotopic (exact) mass is 549 g/mol. The smallest absolute Gasteiger partial charge is 0.334 e. The lowest BCUT2D eigenvalue weighted by atomic mass is 9.98. The van der Waals surface area contributed by atoms with Crippen molar-refractivity contribution >= 4 is 17.8 Å². The summed E-state index contributed by atoms with van der Waals surface area (Å²) in [5.74, 6) is -2.22. The van der Waals surface area contributed by atoms with Crippen LogP contribution in [0.4, 0.5) is 13.6 Å². The van der Waals surface area contributed by atoms with Crippen LogP contribution >= 0.6 is 0 Å². The molecule has 2 N–H and O–H groups in total. The van der Waals surface area contributed by atoms with Crippen LogP contribution in [-0.4, -0.2) is 75.1 Å². The Hall–Kier alpha value is -4.51. The summed E-state index contributed by atoms with van der Waals surface area (Å²) in [6.45, 7) is -0.110. The van der Waals surface area contributed by atoms with Crippen molar-refractivity contribution in [2.24, 2.45) is 0 Å². The van der Waals surface area contributed by atoms with E-state index in [-0.39, 0.29) is 49.8 Å². The molecule has 2 atom stereocenters. The van der Waals surface area contributed by atoms with Crippen LogP contribution in [0.25, 0.3) is 0 Å². The lowest BCUT2D eigenvalue weighted by Crippen LogP contribution is -2.76. The van der Waals surface area contributed by atoms with E-state index in [1.807, 2.05) is 30.3 Å². The van der Waals surface area contributed by atoms with E-state index in [0.717, 1.165) is 17.7 Å². The normalized spacial score (nSPS) is 19.5. The summed E-state index contributed by atoms with van der Waals surface area (Å²) >= 11 is 0. The van der Waals surface area contributed by atoms with Crippen LogP contribution in [-0.2, 0) is 29.1 Å². The van der Waals surface area contributed by atoms with Crippen molar-refractivity contribution in [2.75, 3.05) is 20.1 Å². The molecule has 2 aliphatic heterocycles. The molecule has 0 radical (unpaired) electrons. The highest BCUT2D eigenvalue weighted by Gasteiger charge is 2.50. The molecule has 9 nitrogen and oxygen atoms in total. The lowest BCUT2D eigenvalue weighted by molar-refractivity contribution is -0.187. The quantitative estimate of drug-likeness (QED) is 0.493. The minimum absolute atomic E-state index is 0.0574. The Bertz CT molecular complexity index is 1410. The van der Waals surface area contributed by atoms with Crippen LogP contribution in [0.5, 0.6) is 5.75 Å². The number of amides is 4. The first-order chi connectivity index (χ1) is 19.2. The van der Waals surface area contributed by atoms with E-state index in [9.17, 15) is 28.3 Å². The minimum atomic E-state index is -0.988. The Balaban J connectivity index is 1.47. The summed E-state index contributed by atoms with van der Waals surface area (Å²) in [6.07, 6.45) is -0.752. The lowest BCUT2D eigenvalue weighted by Gasteiger charge is -2.54. The second-order valence-corrected chi connectivity index (χ2v) is 9.93. The number of urea groups is 1. The molecule has 0 aromatic heterocycles. The third-order valence-corrected chi connectivity index (χ3v) is 7.18. The third kappa shape index (κ3) is 5.59. The number of nitrogens with one attached hydrogen (secondary N) is 1. The SMILES string of the molecule is CN1CC(=O)N2C(Cc3ccc(O)cc3)C(=O)N(Cc3ccc(F)cc3F)C[C@@H]2N1C(=O)NCc1ccccc1. The molecule has 1 unspecified atom stereocenters. The highest BCUT2D eigenvalue weighted by Crippen LogP contribution is 2.29. The number of aromatic hydroxyl groups is 1. The number of piperazine rings is 1. The van der Waals surface area contributed by atoms with Gasteiger partial charge in [-0.15, -0.1) is 0 Å². The molecule has 5 rings (SSSR count). The number of hydrazine groups is 1. The predicted octanol–water partition coefficient (Wildman–Crippen LogP) is 2.85.